The van der Waals surface area contributed by atoms with E-state index in [1.165, 1.54) is 17.9 Å². The number of amides is 1. The molecular formula is C18H23FN2O3. The number of carbonyl (C=O) groups excluding carboxylic acids is 2. The van der Waals surface area contributed by atoms with Gasteiger partial charge in [-0.05, 0) is 26.1 Å². The first-order valence-corrected chi connectivity index (χ1v) is 8.14. The molecule has 1 atom stereocenters. The normalized spacial score (nSPS) is 18.0. The number of rotatable bonds is 7. The van der Waals surface area contributed by atoms with Gasteiger partial charge in [-0.2, -0.15) is 0 Å². The van der Waals surface area contributed by atoms with Gasteiger partial charge in [-0.3, -0.25) is 9.59 Å². The van der Waals surface area contributed by atoms with Crippen LogP contribution < -0.4 is 0 Å². The average Bonchev–Trinajstić information content (AvgIpc) is 2.81. The van der Waals surface area contributed by atoms with Gasteiger partial charge in [0.25, 0.3) is 5.91 Å². The molecule has 1 aliphatic heterocycles. The Morgan fingerprint density at radius 3 is 2.46 bits per heavy atom. The lowest BCUT2D eigenvalue weighted by atomic mass is 9.96. The maximum atomic E-state index is 14.3. The van der Waals surface area contributed by atoms with E-state index in [1.54, 1.807) is 18.2 Å². The van der Waals surface area contributed by atoms with Crippen molar-refractivity contribution in [2.24, 2.45) is 0 Å². The fourth-order valence-corrected chi connectivity index (χ4v) is 3.05. The second kappa shape index (κ2) is 7.57. The third-order valence-corrected chi connectivity index (χ3v) is 4.43. The third kappa shape index (κ3) is 3.33. The van der Waals surface area contributed by atoms with Crippen LogP contribution in [0.5, 0.6) is 0 Å². The Kier molecular flexibility index (Phi) is 5.72. The lowest BCUT2D eigenvalue weighted by Gasteiger charge is -2.29. The lowest BCUT2D eigenvalue weighted by molar-refractivity contribution is -0.129. The zero-order valence-electron chi connectivity index (χ0n) is 14.3. The van der Waals surface area contributed by atoms with Crippen molar-refractivity contribution in [2.45, 2.75) is 26.8 Å². The maximum absolute atomic E-state index is 14.3. The molecule has 0 aromatic heterocycles. The van der Waals surface area contributed by atoms with Crippen LogP contribution in [-0.4, -0.2) is 52.8 Å². The minimum absolute atomic E-state index is 0.0374. The molecule has 1 amide bonds. The van der Waals surface area contributed by atoms with Crippen molar-refractivity contribution in [1.29, 1.82) is 0 Å². The summed E-state index contributed by atoms with van der Waals surface area (Å²) in [6, 6.07) is 5.15. The fraction of sp³-hybridized carbons (Fsp3) is 0.444. The van der Waals surface area contributed by atoms with E-state index in [0.717, 1.165) is 13.1 Å². The number of aliphatic hydroxyl groups is 1. The second-order valence-electron chi connectivity index (χ2n) is 5.77. The Balaban J connectivity index is 2.40. The molecule has 0 bridgehead atoms. The summed E-state index contributed by atoms with van der Waals surface area (Å²) in [4.78, 5) is 27.9. The Labute approximate surface area is 141 Å². The van der Waals surface area contributed by atoms with Crippen molar-refractivity contribution < 1.29 is 19.1 Å². The number of hydrogen-bond acceptors (Lipinski definition) is 4. The molecule has 24 heavy (non-hydrogen) atoms. The molecule has 6 heteroatoms. The van der Waals surface area contributed by atoms with Crippen molar-refractivity contribution in [3.63, 3.8) is 0 Å². The first-order valence-electron chi connectivity index (χ1n) is 8.14. The number of benzene rings is 1. The van der Waals surface area contributed by atoms with Crippen LogP contribution in [0.4, 0.5) is 4.39 Å². The van der Waals surface area contributed by atoms with Crippen LogP contribution in [0, 0.1) is 5.82 Å². The summed E-state index contributed by atoms with van der Waals surface area (Å²) < 4.78 is 14.3. The zero-order valence-corrected chi connectivity index (χ0v) is 14.3. The summed E-state index contributed by atoms with van der Waals surface area (Å²) in [5, 5.41) is 10.1. The highest BCUT2D eigenvalue weighted by atomic mass is 19.1. The van der Waals surface area contributed by atoms with Gasteiger partial charge < -0.3 is 14.9 Å². The van der Waals surface area contributed by atoms with E-state index in [4.69, 9.17) is 0 Å². The van der Waals surface area contributed by atoms with Gasteiger partial charge in [0.1, 0.15) is 5.82 Å². The molecule has 1 N–H and O–H groups in total. The van der Waals surface area contributed by atoms with Crippen LogP contribution in [0.25, 0.3) is 0 Å². The molecule has 1 aliphatic rings. The Hall–Kier alpha value is -2.21. The smallest absolute Gasteiger partial charge is 0.290 e. The number of Topliss-reactive ketones (excluding diaryl/α,β-unsaturated/α-hetero) is 1. The molecule has 0 aliphatic carbocycles. The number of carbonyl (C=O) groups is 2. The largest absolute Gasteiger partial charge is 0.503 e. The first kappa shape index (κ1) is 18.1. The number of halogens is 1. The maximum Gasteiger partial charge on any atom is 0.290 e. The molecule has 0 unspecified atom stereocenters. The number of aliphatic hydroxyl groups excluding tert-OH is 1. The van der Waals surface area contributed by atoms with E-state index >= 15 is 0 Å². The molecule has 0 saturated carbocycles. The van der Waals surface area contributed by atoms with Crippen molar-refractivity contribution in [3.8, 4) is 0 Å². The number of hydrogen-bond donors (Lipinski definition) is 1. The van der Waals surface area contributed by atoms with Gasteiger partial charge in [-0.15, -0.1) is 0 Å². The monoisotopic (exact) mass is 334 g/mol. The molecule has 1 aromatic rings. The van der Waals surface area contributed by atoms with Gasteiger partial charge in [0, 0.05) is 18.7 Å². The molecule has 0 radical (unpaired) electrons. The van der Waals surface area contributed by atoms with Gasteiger partial charge >= 0.3 is 0 Å². The van der Waals surface area contributed by atoms with Gasteiger partial charge in [0.2, 0.25) is 0 Å². The van der Waals surface area contributed by atoms with Crippen LogP contribution in [0.3, 0.4) is 0 Å². The summed E-state index contributed by atoms with van der Waals surface area (Å²) >= 11 is 0. The van der Waals surface area contributed by atoms with E-state index in [0.29, 0.717) is 13.1 Å². The summed E-state index contributed by atoms with van der Waals surface area (Å²) in [5.74, 6) is -2.13. The van der Waals surface area contributed by atoms with E-state index in [9.17, 15) is 19.1 Å². The van der Waals surface area contributed by atoms with Gasteiger partial charge in [0.05, 0.1) is 11.6 Å². The van der Waals surface area contributed by atoms with Crippen molar-refractivity contribution in [1.82, 2.24) is 9.80 Å². The topological polar surface area (TPSA) is 60.9 Å². The van der Waals surface area contributed by atoms with Crippen molar-refractivity contribution in [2.75, 3.05) is 26.2 Å². The molecule has 0 fully saturated rings. The van der Waals surface area contributed by atoms with Crippen molar-refractivity contribution >= 4 is 11.7 Å². The minimum Gasteiger partial charge on any atom is -0.503 e. The molecule has 5 nitrogen and oxygen atoms in total. The van der Waals surface area contributed by atoms with E-state index in [2.05, 4.69) is 4.90 Å². The average molecular weight is 334 g/mol. The number of ketones is 1. The summed E-state index contributed by atoms with van der Waals surface area (Å²) in [7, 11) is 0. The first-order chi connectivity index (χ1) is 11.4. The molecular weight excluding hydrogens is 311 g/mol. The highest BCUT2D eigenvalue weighted by Gasteiger charge is 2.43. The minimum atomic E-state index is -0.883. The molecule has 0 saturated heterocycles. The Morgan fingerprint density at radius 1 is 1.29 bits per heavy atom. The fourth-order valence-electron chi connectivity index (χ4n) is 3.05. The van der Waals surface area contributed by atoms with E-state index < -0.39 is 29.3 Å². The molecule has 0 spiro atoms. The third-order valence-electron chi connectivity index (χ3n) is 4.43. The van der Waals surface area contributed by atoms with Crippen LogP contribution >= 0.6 is 0 Å². The predicted octanol–water partition coefficient (Wildman–Crippen LogP) is 2.45. The summed E-state index contributed by atoms with van der Waals surface area (Å²) in [6.45, 7) is 7.84. The highest BCUT2D eigenvalue weighted by Crippen LogP contribution is 2.38. The summed E-state index contributed by atoms with van der Waals surface area (Å²) in [5.41, 5.74) is 0.185. The zero-order chi connectivity index (χ0) is 17.9. The van der Waals surface area contributed by atoms with E-state index in [1.807, 2.05) is 13.8 Å². The lowest BCUT2D eigenvalue weighted by Crippen LogP contribution is -2.38. The molecule has 130 valence electrons. The summed E-state index contributed by atoms with van der Waals surface area (Å²) in [6.07, 6.45) is 0. The number of nitrogens with zero attached hydrogens (tertiary/aromatic N) is 2. The second-order valence-corrected chi connectivity index (χ2v) is 5.77. The molecule has 1 aromatic carbocycles. The van der Waals surface area contributed by atoms with Gasteiger partial charge in [-0.25, -0.2) is 4.39 Å². The van der Waals surface area contributed by atoms with Gasteiger partial charge in [-0.1, -0.05) is 32.0 Å². The predicted molar refractivity (Wildman–Crippen MR) is 89.0 cm³/mol. The van der Waals surface area contributed by atoms with Gasteiger partial charge in [0.15, 0.2) is 11.5 Å². The quantitative estimate of drug-likeness (QED) is 0.832. The van der Waals surface area contributed by atoms with Crippen LogP contribution in [0.1, 0.15) is 32.4 Å². The van der Waals surface area contributed by atoms with Crippen LogP contribution in [0.15, 0.2) is 35.6 Å². The molecule has 2 rings (SSSR count). The standard InChI is InChI=1S/C18H23FN2O3/c1-4-20(5-2)10-11-21-16(13-8-6-7-9-14(13)19)15(12(3)22)17(23)18(21)24/h6-9,16,23H,4-5,10-11H2,1-3H3/t16-/m1/s1. The number of likely N-dealkylation sites (N-methyl/N-ethyl adjacent to an activating group) is 1. The molecule has 1 heterocycles. The SMILES string of the molecule is CCN(CC)CCN1C(=O)C(O)=C(C(C)=O)[C@H]1c1ccccc1F. The van der Waals surface area contributed by atoms with Crippen LogP contribution in [0.2, 0.25) is 0 Å². The van der Waals surface area contributed by atoms with Crippen molar-refractivity contribution in [3.05, 3.63) is 47.0 Å². The Morgan fingerprint density at radius 2 is 1.92 bits per heavy atom. The Bertz CT molecular complexity index is 668. The van der Waals surface area contributed by atoms with Crippen LogP contribution in [-0.2, 0) is 9.59 Å². The van der Waals surface area contributed by atoms with E-state index in [-0.39, 0.29) is 11.1 Å². The highest BCUT2D eigenvalue weighted by molar-refractivity contribution is 6.08.